The molecule has 0 radical (unpaired) electrons. The van der Waals surface area contributed by atoms with Gasteiger partial charge >= 0.3 is 0 Å². The van der Waals surface area contributed by atoms with E-state index in [4.69, 9.17) is 9.47 Å². The lowest BCUT2D eigenvalue weighted by molar-refractivity contribution is -0.141. The van der Waals surface area contributed by atoms with Gasteiger partial charge in [-0.3, -0.25) is 9.59 Å². The van der Waals surface area contributed by atoms with Gasteiger partial charge in [-0.25, -0.2) is 13.1 Å². The van der Waals surface area contributed by atoms with Crippen LogP contribution in [0, 0.1) is 0 Å². The van der Waals surface area contributed by atoms with E-state index in [1.54, 1.807) is 43.4 Å². The van der Waals surface area contributed by atoms with Crippen molar-refractivity contribution in [1.82, 2.24) is 14.9 Å². The average Bonchev–Trinajstić information content (AvgIpc) is 3.80. The number of ether oxygens (including phenoxy) is 2. The first-order chi connectivity index (χ1) is 19.8. The molecule has 2 amide bonds. The van der Waals surface area contributed by atoms with Crippen LogP contribution in [0.2, 0.25) is 0 Å². The lowest BCUT2D eigenvalue weighted by atomic mass is 10.0. The number of aryl methyl sites for hydroxylation is 1. The summed E-state index contributed by atoms with van der Waals surface area (Å²) in [6, 6.07) is 22.4. The Labute approximate surface area is 241 Å². The zero-order valence-electron chi connectivity index (χ0n) is 23.4. The third-order valence-electron chi connectivity index (χ3n) is 6.87. The minimum Gasteiger partial charge on any atom is -0.497 e. The van der Waals surface area contributed by atoms with Crippen molar-refractivity contribution in [2.75, 3.05) is 27.4 Å². The van der Waals surface area contributed by atoms with E-state index in [-0.39, 0.29) is 35.7 Å². The van der Waals surface area contributed by atoms with Crippen molar-refractivity contribution in [3.8, 4) is 5.75 Å². The van der Waals surface area contributed by atoms with E-state index < -0.39 is 16.1 Å². The van der Waals surface area contributed by atoms with E-state index in [0.717, 1.165) is 24.0 Å². The molecule has 0 saturated heterocycles. The van der Waals surface area contributed by atoms with Gasteiger partial charge in [0.05, 0.1) is 18.6 Å². The number of nitrogens with one attached hydrogen (secondary N) is 2. The molecule has 9 nitrogen and oxygen atoms in total. The highest BCUT2D eigenvalue weighted by molar-refractivity contribution is 7.89. The third-order valence-corrected chi connectivity index (χ3v) is 8.41. The Morgan fingerprint density at radius 3 is 2.20 bits per heavy atom. The number of carbonyl (C=O) groups is 2. The van der Waals surface area contributed by atoms with E-state index in [1.165, 1.54) is 0 Å². The number of hydrogen-bond donors (Lipinski definition) is 2. The van der Waals surface area contributed by atoms with Gasteiger partial charge in [-0.1, -0.05) is 54.6 Å². The second kappa shape index (κ2) is 14.2. The molecule has 0 heterocycles. The Morgan fingerprint density at radius 1 is 0.927 bits per heavy atom. The van der Waals surface area contributed by atoms with Crippen molar-refractivity contribution >= 4 is 21.8 Å². The largest absolute Gasteiger partial charge is 0.497 e. The summed E-state index contributed by atoms with van der Waals surface area (Å²) in [5, 5.41) is 2.89. The number of benzene rings is 3. The first-order valence-electron chi connectivity index (χ1n) is 13.7. The molecule has 3 aromatic rings. The standard InChI is InChI=1S/C31H37N3O6S/c1-39-21-20-32-31(36)30(25-6-4-3-5-7-25)34(22-24-8-15-27(40-2)16-9-24)29(35)19-12-23-10-17-28(18-11-23)41(37,38)33-26-13-14-26/h3-11,15-18,26,30,33H,12-14,19-22H2,1-2H3,(H,32,36)/t30-/m1/s1. The van der Waals surface area contributed by atoms with Gasteiger partial charge in [-0.05, 0) is 60.2 Å². The van der Waals surface area contributed by atoms with Crippen LogP contribution < -0.4 is 14.8 Å². The summed E-state index contributed by atoms with van der Waals surface area (Å²) in [5.74, 6) is 0.192. The van der Waals surface area contributed by atoms with Crippen LogP contribution in [0.25, 0.3) is 0 Å². The van der Waals surface area contributed by atoms with Gasteiger partial charge in [0.15, 0.2) is 0 Å². The highest BCUT2D eigenvalue weighted by Gasteiger charge is 2.31. The molecule has 1 atom stereocenters. The molecular formula is C31H37N3O6S. The van der Waals surface area contributed by atoms with Gasteiger partial charge in [-0.2, -0.15) is 0 Å². The lowest BCUT2D eigenvalue weighted by Crippen LogP contribution is -2.44. The summed E-state index contributed by atoms with van der Waals surface area (Å²) < 4.78 is 38.1. The second-order valence-corrected chi connectivity index (χ2v) is 11.7. The fourth-order valence-electron chi connectivity index (χ4n) is 4.45. The maximum Gasteiger partial charge on any atom is 0.247 e. The smallest absolute Gasteiger partial charge is 0.247 e. The predicted octanol–water partition coefficient (Wildman–Crippen LogP) is 3.60. The number of amides is 2. The minimum atomic E-state index is -3.55. The second-order valence-electron chi connectivity index (χ2n) is 10.0. The molecule has 1 aliphatic rings. The van der Waals surface area contributed by atoms with Crippen molar-refractivity contribution < 1.29 is 27.5 Å². The van der Waals surface area contributed by atoms with Crippen molar-refractivity contribution in [3.63, 3.8) is 0 Å². The van der Waals surface area contributed by atoms with Crippen LogP contribution >= 0.6 is 0 Å². The molecule has 0 aliphatic heterocycles. The van der Waals surface area contributed by atoms with Crippen LogP contribution in [0.5, 0.6) is 5.75 Å². The molecule has 1 aliphatic carbocycles. The van der Waals surface area contributed by atoms with Crippen molar-refractivity contribution in [1.29, 1.82) is 0 Å². The molecule has 0 bridgehead atoms. The average molecular weight is 580 g/mol. The zero-order chi connectivity index (χ0) is 29.2. The quantitative estimate of drug-likeness (QED) is 0.266. The first-order valence-corrected chi connectivity index (χ1v) is 15.1. The SMILES string of the molecule is COCCNC(=O)[C@@H](c1ccccc1)N(Cc1ccc(OC)cc1)C(=O)CCc1ccc(S(=O)(=O)NC2CC2)cc1. The van der Waals surface area contributed by atoms with E-state index >= 15 is 0 Å². The molecule has 41 heavy (non-hydrogen) atoms. The highest BCUT2D eigenvalue weighted by Crippen LogP contribution is 2.26. The van der Waals surface area contributed by atoms with Gasteiger partial charge in [0.2, 0.25) is 21.8 Å². The van der Waals surface area contributed by atoms with E-state index in [9.17, 15) is 18.0 Å². The molecule has 0 aromatic heterocycles. The topological polar surface area (TPSA) is 114 Å². The maximum absolute atomic E-state index is 13.8. The van der Waals surface area contributed by atoms with Gasteiger partial charge < -0.3 is 19.7 Å². The van der Waals surface area contributed by atoms with E-state index in [2.05, 4.69) is 10.0 Å². The summed E-state index contributed by atoms with van der Waals surface area (Å²) in [6.07, 6.45) is 2.25. The maximum atomic E-state index is 13.8. The molecule has 2 N–H and O–H groups in total. The van der Waals surface area contributed by atoms with Crippen molar-refractivity contribution in [2.24, 2.45) is 0 Å². The van der Waals surface area contributed by atoms with Gasteiger partial charge in [-0.15, -0.1) is 0 Å². The molecule has 1 saturated carbocycles. The molecule has 218 valence electrons. The molecular weight excluding hydrogens is 542 g/mol. The zero-order valence-corrected chi connectivity index (χ0v) is 24.2. The van der Waals surface area contributed by atoms with Crippen LogP contribution in [-0.4, -0.2) is 58.5 Å². The minimum absolute atomic E-state index is 0.0261. The van der Waals surface area contributed by atoms with Gasteiger partial charge in [0.25, 0.3) is 0 Å². The predicted molar refractivity (Wildman–Crippen MR) is 156 cm³/mol. The molecule has 0 unspecified atom stereocenters. The Hall–Kier alpha value is -3.73. The molecule has 4 rings (SSSR count). The Balaban J connectivity index is 1.55. The van der Waals surface area contributed by atoms with Gasteiger partial charge in [0.1, 0.15) is 11.8 Å². The summed E-state index contributed by atoms with van der Waals surface area (Å²) in [5.41, 5.74) is 2.37. The molecule has 0 spiro atoms. The monoisotopic (exact) mass is 579 g/mol. The fourth-order valence-corrected chi connectivity index (χ4v) is 5.76. The molecule has 1 fully saturated rings. The van der Waals surface area contributed by atoms with E-state index in [0.29, 0.717) is 30.9 Å². The Bertz CT molecular complexity index is 1390. The van der Waals surface area contributed by atoms with Crippen molar-refractivity contribution in [2.45, 2.75) is 49.2 Å². The fraction of sp³-hybridized carbons (Fsp3) is 0.355. The Morgan fingerprint density at radius 2 is 1.59 bits per heavy atom. The lowest BCUT2D eigenvalue weighted by Gasteiger charge is -2.32. The Kier molecular flexibility index (Phi) is 10.5. The number of hydrogen-bond acceptors (Lipinski definition) is 6. The number of sulfonamides is 1. The number of rotatable bonds is 15. The van der Waals surface area contributed by atoms with Crippen LogP contribution in [0.4, 0.5) is 0 Å². The molecule has 3 aromatic carbocycles. The highest BCUT2D eigenvalue weighted by atomic mass is 32.2. The van der Waals surface area contributed by atoms with Crippen molar-refractivity contribution in [3.05, 3.63) is 95.6 Å². The number of methoxy groups -OCH3 is 2. The van der Waals surface area contributed by atoms with E-state index in [1.807, 2.05) is 54.6 Å². The summed E-state index contributed by atoms with van der Waals surface area (Å²) >= 11 is 0. The summed E-state index contributed by atoms with van der Waals surface area (Å²) in [6.45, 7) is 0.875. The number of carbonyl (C=O) groups excluding carboxylic acids is 2. The van der Waals surface area contributed by atoms with Crippen LogP contribution in [0.15, 0.2) is 83.8 Å². The summed E-state index contributed by atoms with van der Waals surface area (Å²) in [7, 11) is -0.396. The van der Waals surface area contributed by atoms with Crippen LogP contribution in [0.3, 0.4) is 0 Å². The summed E-state index contributed by atoms with van der Waals surface area (Å²) in [4.78, 5) is 29.1. The third kappa shape index (κ3) is 8.63. The van der Waals surface area contributed by atoms with Crippen LogP contribution in [0.1, 0.15) is 42.0 Å². The number of nitrogens with zero attached hydrogens (tertiary/aromatic N) is 1. The molecule has 10 heteroatoms. The van der Waals surface area contributed by atoms with Crippen LogP contribution in [-0.2, 0) is 37.3 Å². The normalized spacial score (nSPS) is 13.8. The first kappa shape index (κ1) is 30.2. The van der Waals surface area contributed by atoms with Gasteiger partial charge in [0, 0.05) is 32.7 Å².